The normalized spacial score (nSPS) is 10.8. The minimum Gasteiger partial charge on any atom is -0.282 e. The molecule has 21 heavy (non-hydrogen) atoms. The molecule has 0 aliphatic carbocycles. The van der Waals surface area contributed by atoms with Crippen LogP contribution in [0.5, 0.6) is 0 Å². The van der Waals surface area contributed by atoms with Crippen molar-refractivity contribution in [1.29, 1.82) is 5.26 Å². The van der Waals surface area contributed by atoms with Crippen LogP contribution in [0.2, 0.25) is 0 Å². The van der Waals surface area contributed by atoms with Gasteiger partial charge in [-0.2, -0.15) is 5.26 Å². The second-order valence-electron chi connectivity index (χ2n) is 4.69. The summed E-state index contributed by atoms with van der Waals surface area (Å²) in [6.07, 6.45) is 3.59. The van der Waals surface area contributed by atoms with Crippen LogP contribution < -0.4 is 0 Å². The summed E-state index contributed by atoms with van der Waals surface area (Å²) >= 11 is 0. The van der Waals surface area contributed by atoms with Gasteiger partial charge in [-0.1, -0.05) is 6.07 Å². The fourth-order valence-electron chi connectivity index (χ4n) is 2.37. The molecular weight excluding hydrogens is 262 g/mol. The molecule has 5 nitrogen and oxygen atoms in total. The summed E-state index contributed by atoms with van der Waals surface area (Å²) in [6, 6.07) is 15.5. The lowest BCUT2D eigenvalue weighted by molar-refractivity contribution is 1.11. The van der Waals surface area contributed by atoms with Gasteiger partial charge in [0.15, 0.2) is 11.5 Å². The zero-order valence-electron chi connectivity index (χ0n) is 10.9. The highest BCUT2D eigenvalue weighted by atomic mass is 15.2. The highest BCUT2D eigenvalue weighted by molar-refractivity contribution is 5.83. The molecule has 0 bridgehead atoms. The third-order valence-electron chi connectivity index (χ3n) is 3.40. The summed E-state index contributed by atoms with van der Waals surface area (Å²) in [5.74, 6) is 0.750. The molecule has 0 spiro atoms. The largest absolute Gasteiger partial charge is 0.282 e. The number of nitrogens with zero attached hydrogens (tertiary/aromatic N) is 5. The van der Waals surface area contributed by atoms with Gasteiger partial charge in [0.2, 0.25) is 0 Å². The topological polar surface area (TPSA) is 66.9 Å². The molecule has 0 radical (unpaired) electrons. The average Bonchev–Trinajstić information content (AvgIpc) is 2.97. The van der Waals surface area contributed by atoms with E-state index >= 15 is 0 Å². The van der Waals surface area contributed by atoms with E-state index in [1.165, 1.54) is 0 Å². The lowest BCUT2D eigenvalue weighted by Gasteiger charge is -2.02. The van der Waals surface area contributed by atoms with E-state index < -0.39 is 0 Å². The van der Waals surface area contributed by atoms with E-state index in [4.69, 9.17) is 5.26 Å². The monoisotopic (exact) mass is 271 g/mol. The fourth-order valence-corrected chi connectivity index (χ4v) is 2.37. The van der Waals surface area contributed by atoms with Crippen molar-refractivity contribution in [1.82, 2.24) is 19.6 Å². The van der Waals surface area contributed by atoms with Gasteiger partial charge in [-0.05, 0) is 30.3 Å². The van der Waals surface area contributed by atoms with Crippen molar-refractivity contribution in [3.63, 3.8) is 0 Å². The van der Waals surface area contributed by atoms with Crippen LogP contribution in [0, 0.1) is 11.3 Å². The molecule has 0 amide bonds. The highest BCUT2D eigenvalue weighted by Gasteiger charge is 2.09. The van der Waals surface area contributed by atoms with Gasteiger partial charge >= 0.3 is 0 Å². The maximum atomic E-state index is 8.92. The Labute approximate surface area is 120 Å². The molecule has 0 N–H and O–H groups in total. The van der Waals surface area contributed by atoms with Crippen molar-refractivity contribution in [2.75, 3.05) is 0 Å². The lowest BCUT2D eigenvalue weighted by Crippen LogP contribution is -1.90. The predicted octanol–water partition coefficient (Wildman–Crippen LogP) is 2.82. The summed E-state index contributed by atoms with van der Waals surface area (Å²) < 4.78 is 1.87. The van der Waals surface area contributed by atoms with Gasteiger partial charge < -0.3 is 0 Å². The highest BCUT2D eigenvalue weighted by Crippen LogP contribution is 2.22. The van der Waals surface area contributed by atoms with Gasteiger partial charge in [-0.25, -0.2) is 0 Å². The third kappa shape index (κ3) is 1.82. The first-order valence-corrected chi connectivity index (χ1v) is 6.45. The zero-order chi connectivity index (χ0) is 14.2. The number of nitriles is 1. The Morgan fingerprint density at radius 3 is 2.90 bits per heavy atom. The van der Waals surface area contributed by atoms with Crippen molar-refractivity contribution < 1.29 is 0 Å². The molecular formula is C16H9N5. The maximum absolute atomic E-state index is 8.92. The minimum absolute atomic E-state index is 0.573. The maximum Gasteiger partial charge on any atom is 0.168 e. The summed E-state index contributed by atoms with van der Waals surface area (Å²) in [4.78, 5) is 4.31. The number of fused-ring (bicyclic) bond motifs is 2. The van der Waals surface area contributed by atoms with Crippen molar-refractivity contribution >= 4 is 16.6 Å². The number of pyridine rings is 2. The third-order valence-corrected chi connectivity index (χ3v) is 3.40. The van der Waals surface area contributed by atoms with Crippen LogP contribution in [0.15, 0.2) is 54.9 Å². The Morgan fingerprint density at radius 2 is 2.00 bits per heavy atom. The van der Waals surface area contributed by atoms with Crippen LogP contribution in [0.1, 0.15) is 5.56 Å². The Bertz CT molecular complexity index is 1010. The minimum atomic E-state index is 0.573. The SMILES string of the molecule is N#Cc1ccn2c(-c3ccc4ncccc4c3)nnc2c1. The zero-order valence-corrected chi connectivity index (χ0v) is 10.9. The van der Waals surface area contributed by atoms with E-state index in [2.05, 4.69) is 21.3 Å². The molecule has 0 aliphatic rings. The standard InChI is InChI=1S/C16H9N5/c17-10-11-5-7-21-15(8-11)19-20-16(21)13-3-4-14-12(9-13)2-1-6-18-14/h1-9H. The second kappa shape index (κ2) is 4.39. The Hall–Kier alpha value is -3.26. The smallest absolute Gasteiger partial charge is 0.168 e. The summed E-state index contributed by atoms with van der Waals surface area (Å²) in [5.41, 5.74) is 3.15. The van der Waals surface area contributed by atoms with Crippen molar-refractivity contribution in [3.8, 4) is 17.5 Å². The van der Waals surface area contributed by atoms with Gasteiger partial charge in [0, 0.05) is 29.4 Å². The number of hydrogen-bond donors (Lipinski definition) is 0. The molecule has 4 aromatic rings. The molecule has 3 aromatic heterocycles. The summed E-state index contributed by atoms with van der Waals surface area (Å²) in [5, 5.41) is 18.3. The molecule has 1 aromatic carbocycles. The van der Waals surface area contributed by atoms with Crippen LogP contribution in [0.4, 0.5) is 0 Å². The molecule has 5 heteroatoms. The molecule has 0 unspecified atom stereocenters. The van der Waals surface area contributed by atoms with Gasteiger partial charge in [-0.15, -0.1) is 10.2 Å². The van der Waals surface area contributed by atoms with Crippen LogP contribution in [-0.4, -0.2) is 19.6 Å². The molecule has 0 aliphatic heterocycles. The Kier molecular flexibility index (Phi) is 2.42. The van der Waals surface area contributed by atoms with E-state index in [1.54, 1.807) is 18.3 Å². The number of aromatic nitrogens is 4. The summed E-state index contributed by atoms with van der Waals surface area (Å²) in [7, 11) is 0. The number of hydrogen-bond acceptors (Lipinski definition) is 4. The van der Waals surface area contributed by atoms with E-state index in [9.17, 15) is 0 Å². The van der Waals surface area contributed by atoms with E-state index in [0.717, 1.165) is 22.3 Å². The molecule has 0 saturated heterocycles. The average molecular weight is 271 g/mol. The van der Waals surface area contributed by atoms with Crippen molar-refractivity contribution in [3.05, 3.63) is 60.4 Å². The van der Waals surface area contributed by atoms with Gasteiger partial charge in [0.25, 0.3) is 0 Å². The first kappa shape index (κ1) is 11.6. The van der Waals surface area contributed by atoms with Crippen LogP contribution in [-0.2, 0) is 0 Å². The second-order valence-corrected chi connectivity index (χ2v) is 4.69. The first-order chi connectivity index (χ1) is 10.3. The summed E-state index contributed by atoms with van der Waals surface area (Å²) in [6.45, 7) is 0. The van der Waals surface area contributed by atoms with Gasteiger partial charge in [-0.3, -0.25) is 9.38 Å². The van der Waals surface area contributed by atoms with Crippen molar-refractivity contribution in [2.24, 2.45) is 0 Å². The van der Waals surface area contributed by atoms with E-state index in [-0.39, 0.29) is 0 Å². The molecule has 0 fully saturated rings. The van der Waals surface area contributed by atoms with Gasteiger partial charge in [0.1, 0.15) is 0 Å². The van der Waals surface area contributed by atoms with E-state index in [1.807, 2.05) is 40.9 Å². The quantitative estimate of drug-likeness (QED) is 0.534. The van der Waals surface area contributed by atoms with Gasteiger partial charge in [0.05, 0.1) is 17.1 Å². The molecule has 0 atom stereocenters. The number of benzene rings is 1. The predicted molar refractivity (Wildman–Crippen MR) is 78.4 cm³/mol. The Morgan fingerprint density at radius 1 is 1.05 bits per heavy atom. The molecule has 4 rings (SSSR count). The Balaban J connectivity index is 1.94. The fraction of sp³-hybridized carbons (Fsp3) is 0. The van der Waals surface area contributed by atoms with E-state index in [0.29, 0.717) is 11.2 Å². The number of rotatable bonds is 1. The van der Waals surface area contributed by atoms with Crippen LogP contribution >= 0.6 is 0 Å². The lowest BCUT2D eigenvalue weighted by atomic mass is 10.1. The molecule has 98 valence electrons. The molecule has 3 heterocycles. The molecule has 0 saturated carbocycles. The van der Waals surface area contributed by atoms with Crippen molar-refractivity contribution in [2.45, 2.75) is 0 Å². The first-order valence-electron chi connectivity index (χ1n) is 6.45. The van der Waals surface area contributed by atoms with Crippen LogP contribution in [0.3, 0.4) is 0 Å². The van der Waals surface area contributed by atoms with Crippen LogP contribution in [0.25, 0.3) is 27.9 Å².